The number of carboxylic acids is 1. The summed E-state index contributed by atoms with van der Waals surface area (Å²) in [5.41, 5.74) is -1.89. The van der Waals surface area contributed by atoms with E-state index in [1.807, 2.05) is 0 Å². The van der Waals surface area contributed by atoms with Gasteiger partial charge >= 0.3 is 12.1 Å². The van der Waals surface area contributed by atoms with E-state index in [4.69, 9.17) is 5.11 Å². The maximum absolute atomic E-state index is 12.8. The van der Waals surface area contributed by atoms with E-state index >= 15 is 0 Å². The highest BCUT2D eigenvalue weighted by molar-refractivity contribution is 9.10. The lowest BCUT2D eigenvalue weighted by molar-refractivity contribution is -0.142. The number of hydrogen-bond donors (Lipinski definition) is 1. The molecule has 2 aromatic rings. The van der Waals surface area contributed by atoms with Crippen LogP contribution in [-0.4, -0.2) is 25.8 Å². The Labute approximate surface area is 112 Å². The molecule has 0 aliphatic rings. The van der Waals surface area contributed by atoms with E-state index in [-0.39, 0.29) is 5.82 Å². The normalized spacial score (nSPS) is 11.6. The molecular weight excluding hydrogens is 331 g/mol. The van der Waals surface area contributed by atoms with Crippen LogP contribution in [0.2, 0.25) is 0 Å². The monoisotopic (exact) mass is 335 g/mol. The van der Waals surface area contributed by atoms with Crippen LogP contribution in [0.15, 0.2) is 28.9 Å². The van der Waals surface area contributed by atoms with Crippen molar-refractivity contribution in [2.75, 3.05) is 0 Å². The predicted octanol–water partition coefficient (Wildman–Crippen LogP) is 2.75. The number of alkyl halides is 3. The molecule has 9 heteroatoms. The molecule has 0 saturated heterocycles. The van der Waals surface area contributed by atoms with Gasteiger partial charge in [-0.05, 0) is 28.1 Å². The van der Waals surface area contributed by atoms with Crippen LogP contribution in [-0.2, 0) is 6.18 Å². The highest BCUT2D eigenvalue weighted by Gasteiger charge is 2.37. The first kappa shape index (κ1) is 13.5. The molecule has 0 bridgehead atoms. The first-order chi connectivity index (χ1) is 8.79. The number of rotatable bonds is 2. The van der Waals surface area contributed by atoms with E-state index in [1.54, 1.807) is 0 Å². The minimum atomic E-state index is -4.73. The lowest BCUT2D eigenvalue weighted by Gasteiger charge is -2.08. The lowest BCUT2D eigenvalue weighted by Crippen LogP contribution is -2.14. The Morgan fingerprint density at radius 2 is 2.05 bits per heavy atom. The van der Waals surface area contributed by atoms with Gasteiger partial charge in [-0.1, -0.05) is 0 Å². The standard InChI is InChI=1S/C10H5BrF3N3O2/c11-5-1-2-8(15-4-5)17-7(10(12,13)14)3-6(16-17)9(18)19/h1-4H,(H,18,19). The number of hydrogen-bond acceptors (Lipinski definition) is 3. The molecule has 2 heterocycles. The number of aromatic nitrogens is 3. The van der Waals surface area contributed by atoms with Crippen molar-refractivity contribution in [2.24, 2.45) is 0 Å². The third kappa shape index (κ3) is 2.75. The van der Waals surface area contributed by atoms with Crippen molar-refractivity contribution >= 4 is 21.9 Å². The second kappa shape index (κ2) is 4.65. The van der Waals surface area contributed by atoms with Crippen LogP contribution in [0.5, 0.6) is 0 Å². The average molecular weight is 336 g/mol. The highest BCUT2D eigenvalue weighted by Crippen LogP contribution is 2.31. The van der Waals surface area contributed by atoms with Crippen LogP contribution in [0.3, 0.4) is 0 Å². The van der Waals surface area contributed by atoms with E-state index in [0.717, 1.165) is 0 Å². The zero-order chi connectivity index (χ0) is 14.2. The highest BCUT2D eigenvalue weighted by atomic mass is 79.9. The molecule has 100 valence electrons. The zero-order valence-corrected chi connectivity index (χ0v) is 10.6. The van der Waals surface area contributed by atoms with Gasteiger partial charge in [-0.2, -0.15) is 18.3 Å². The summed E-state index contributed by atoms with van der Waals surface area (Å²) < 4.78 is 39.4. The van der Waals surface area contributed by atoms with E-state index in [0.29, 0.717) is 15.2 Å². The van der Waals surface area contributed by atoms with Gasteiger partial charge in [0.15, 0.2) is 17.2 Å². The molecule has 0 aliphatic heterocycles. The van der Waals surface area contributed by atoms with Gasteiger partial charge < -0.3 is 5.11 Å². The summed E-state index contributed by atoms with van der Waals surface area (Å²) in [4.78, 5) is 14.5. The quantitative estimate of drug-likeness (QED) is 0.916. The molecule has 5 nitrogen and oxygen atoms in total. The summed E-state index contributed by atoms with van der Waals surface area (Å²) in [5.74, 6) is -1.66. The molecule has 0 amide bonds. The Hall–Kier alpha value is -1.90. The summed E-state index contributed by atoms with van der Waals surface area (Å²) in [6.45, 7) is 0. The second-order valence-electron chi connectivity index (χ2n) is 3.46. The molecule has 0 unspecified atom stereocenters. The first-order valence-corrected chi connectivity index (χ1v) is 5.61. The summed E-state index contributed by atoms with van der Waals surface area (Å²) in [6.07, 6.45) is -3.44. The van der Waals surface area contributed by atoms with E-state index in [2.05, 4.69) is 26.0 Å². The van der Waals surface area contributed by atoms with Gasteiger partial charge in [0.2, 0.25) is 0 Å². The van der Waals surface area contributed by atoms with Crippen molar-refractivity contribution in [3.63, 3.8) is 0 Å². The number of aromatic carboxylic acids is 1. The van der Waals surface area contributed by atoms with E-state index in [1.165, 1.54) is 18.3 Å². The van der Waals surface area contributed by atoms with Crippen molar-refractivity contribution in [1.29, 1.82) is 0 Å². The Kier molecular flexibility index (Phi) is 3.31. The van der Waals surface area contributed by atoms with Gasteiger partial charge in [0, 0.05) is 16.7 Å². The fourth-order valence-corrected chi connectivity index (χ4v) is 1.59. The lowest BCUT2D eigenvalue weighted by atomic mass is 10.3. The van der Waals surface area contributed by atoms with Crippen LogP contribution in [0.25, 0.3) is 5.82 Å². The molecule has 2 rings (SSSR count). The number of pyridine rings is 1. The third-order valence-electron chi connectivity index (χ3n) is 2.15. The molecule has 1 N–H and O–H groups in total. The average Bonchev–Trinajstić information content (AvgIpc) is 2.74. The van der Waals surface area contributed by atoms with Gasteiger partial charge in [0.25, 0.3) is 0 Å². The van der Waals surface area contributed by atoms with Gasteiger partial charge in [-0.15, -0.1) is 0 Å². The largest absolute Gasteiger partial charge is 0.476 e. The molecule has 2 aromatic heterocycles. The molecule has 0 spiro atoms. The fourth-order valence-electron chi connectivity index (χ4n) is 1.36. The number of nitrogens with zero attached hydrogens (tertiary/aromatic N) is 3. The Balaban J connectivity index is 2.61. The van der Waals surface area contributed by atoms with Gasteiger partial charge in [-0.25, -0.2) is 14.5 Å². The Bertz CT molecular complexity index is 622. The van der Waals surface area contributed by atoms with Gasteiger partial charge in [0.05, 0.1) is 0 Å². The summed E-state index contributed by atoms with van der Waals surface area (Å²) in [7, 11) is 0. The SMILES string of the molecule is O=C(O)c1cc(C(F)(F)F)n(-c2ccc(Br)cn2)n1. The van der Waals surface area contributed by atoms with Crippen LogP contribution in [0.4, 0.5) is 13.2 Å². The predicted molar refractivity (Wildman–Crippen MR) is 61.0 cm³/mol. The van der Waals surface area contributed by atoms with Crippen LogP contribution in [0, 0.1) is 0 Å². The van der Waals surface area contributed by atoms with Crippen molar-refractivity contribution in [3.8, 4) is 5.82 Å². The summed E-state index contributed by atoms with van der Waals surface area (Å²) in [5, 5.41) is 12.1. The maximum Gasteiger partial charge on any atom is 0.433 e. The smallest absolute Gasteiger partial charge is 0.433 e. The van der Waals surface area contributed by atoms with Crippen molar-refractivity contribution in [3.05, 3.63) is 40.3 Å². The number of carbonyl (C=O) groups is 1. The van der Waals surface area contributed by atoms with Gasteiger partial charge in [0.1, 0.15) is 0 Å². The molecule has 0 fully saturated rings. The summed E-state index contributed by atoms with van der Waals surface area (Å²) in [6, 6.07) is 3.23. The first-order valence-electron chi connectivity index (χ1n) is 4.81. The van der Waals surface area contributed by atoms with Crippen molar-refractivity contribution in [2.45, 2.75) is 6.18 Å². The van der Waals surface area contributed by atoms with Crippen molar-refractivity contribution < 1.29 is 23.1 Å². The topological polar surface area (TPSA) is 68.0 Å². The Morgan fingerprint density at radius 1 is 1.37 bits per heavy atom. The van der Waals surface area contributed by atoms with E-state index < -0.39 is 23.5 Å². The van der Waals surface area contributed by atoms with Crippen molar-refractivity contribution in [1.82, 2.24) is 14.8 Å². The van der Waals surface area contributed by atoms with Crippen LogP contribution >= 0.6 is 15.9 Å². The molecule has 19 heavy (non-hydrogen) atoms. The maximum atomic E-state index is 12.8. The minimum Gasteiger partial charge on any atom is -0.476 e. The molecular formula is C10H5BrF3N3O2. The van der Waals surface area contributed by atoms with Crippen LogP contribution < -0.4 is 0 Å². The molecule has 0 radical (unpaired) electrons. The summed E-state index contributed by atoms with van der Waals surface area (Å²) >= 11 is 3.10. The van der Waals surface area contributed by atoms with E-state index in [9.17, 15) is 18.0 Å². The third-order valence-corrected chi connectivity index (χ3v) is 2.62. The molecule has 0 saturated carbocycles. The molecule has 0 aromatic carbocycles. The number of carboxylic acid groups (broad SMARTS) is 1. The van der Waals surface area contributed by atoms with Gasteiger partial charge in [-0.3, -0.25) is 0 Å². The minimum absolute atomic E-state index is 0.122. The Morgan fingerprint density at radius 3 is 2.53 bits per heavy atom. The molecule has 0 aliphatic carbocycles. The zero-order valence-electron chi connectivity index (χ0n) is 9.02. The number of halogens is 4. The molecule has 0 atom stereocenters. The second-order valence-corrected chi connectivity index (χ2v) is 4.38. The fraction of sp³-hybridized carbons (Fsp3) is 0.100. The van der Waals surface area contributed by atoms with Crippen LogP contribution in [0.1, 0.15) is 16.2 Å².